The van der Waals surface area contributed by atoms with E-state index in [9.17, 15) is 5.48 Å². The van der Waals surface area contributed by atoms with Crippen molar-refractivity contribution in [3.05, 3.63) is 205 Å². The number of rotatable bonds is 5. The fraction of sp³-hybridized carbons (Fsp3) is 0.0189. The summed E-state index contributed by atoms with van der Waals surface area (Å²) in [5.74, 6) is 0. The third-order valence-electron chi connectivity index (χ3n) is 10.4. The van der Waals surface area contributed by atoms with Gasteiger partial charge in [-0.2, -0.15) is 0 Å². The molecule has 0 spiro atoms. The molecule has 0 amide bonds. The molecule has 54 heavy (non-hydrogen) atoms. The molecule has 1 nitrogen and oxygen atoms in total. The predicted molar refractivity (Wildman–Crippen MR) is 229 cm³/mol. The summed E-state index contributed by atoms with van der Waals surface area (Å²) in [4.78, 5) is 0. The van der Waals surface area contributed by atoms with E-state index in [4.69, 9.17) is 16.8 Å². The Balaban J connectivity index is 1.09. The Morgan fingerprint density at radius 3 is 1.81 bits per heavy atom. The molecule has 0 bridgehead atoms. The molecule has 0 saturated heterocycles. The van der Waals surface area contributed by atoms with Crippen molar-refractivity contribution >= 4 is 65.0 Å². The molecular formula is C53H34O. The van der Waals surface area contributed by atoms with Gasteiger partial charge < -0.3 is 4.42 Å². The Labute approximate surface area is 331 Å². The summed E-state index contributed by atoms with van der Waals surface area (Å²) < 4.78 is 121. The maximum atomic E-state index is 9.29. The average Bonchev–Trinajstić information content (AvgIpc) is 3.73. The lowest BCUT2D eigenvalue weighted by atomic mass is 9.86. The first-order valence-electron chi connectivity index (χ1n) is 24.1. The topological polar surface area (TPSA) is 13.1 Å². The van der Waals surface area contributed by atoms with Gasteiger partial charge in [0, 0.05) is 10.8 Å². The number of fused-ring (bicyclic) bond motifs is 7. The van der Waals surface area contributed by atoms with E-state index in [1.54, 1.807) is 6.07 Å². The van der Waals surface area contributed by atoms with Crippen LogP contribution in [0.1, 0.15) is 28.9 Å². The van der Waals surface area contributed by atoms with Crippen molar-refractivity contribution in [1.29, 1.82) is 0 Å². The summed E-state index contributed by atoms with van der Waals surface area (Å²) in [7, 11) is 0. The summed E-state index contributed by atoms with van der Waals surface area (Å²) in [5.41, 5.74) is 5.92. The minimum Gasteiger partial charge on any atom is -0.456 e. The molecule has 0 saturated carbocycles. The monoisotopic (exact) mass is 699 g/mol. The molecule has 0 fully saturated rings. The summed E-state index contributed by atoms with van der Waals surface area (Å²) in [6.07, 6.45) is -0.487. The molecule has 252 valence electrons. The van der Waals surface area contributed by atoms with Gasteiger partial charge in [-0.3, -0.25) is 0 Å². The van der Waals surface area contributed by atoms with Crippen molar-refractivity contribution in [2.45, 2.75) is 6.42 Å². The fourth-order valence-electron chi connectivity index (χ4n) is 7.98. The van der Waals surface area contributed by atoms with E-state index < -0.39 is 85.0 Å². The quantitative estimate of drug-likeness (QED) is 0.163. The van der Waals surface area contributed by atoms with Crippen LogP contribution in [0.15, 0.2) is 198 Å². The highest BCUT2D eigenvalue weighted by molar-refractivity contribution is 6.17. The van der Waals surface area contributed by atoms with Crippen LogP contribution < -0.4 is 0 Å². The first-order valence-corrected chi connectivity index (χ1v) is 17.6. The van der Waals surface area contributed by atoms with Crippen LogP contribution in [0, 0.1) is 0 Å². The molecule has 0 N–H and O–H groups in total. The van der Waals surface area contributed by atoms with Crippen molar-refractivity contribution < 1.29 is 22.2 Å². The van der Waals surface area contributed by atoms with E-state index in [2.05, 4.69) is 48.5 Å². The lowest BCUT2D eigenvalue weighted by Crippen LogP contribution is -1.95. The highest BCUT2D eigenvalue weighted by Crippen LogP contribution is 2.43. The summed E-state index contributed by atoms with van der Waals surface area (Å²) in [5, 5.41) is 5.71. The largest absolute Gasteiger partial charge is 0.456 e. The molecule has 0 atom stereocenters. The Morgan fingerprint density at radius 1 is 0.407 bits per heavy atom. The second-order valence-electron chi connectivity index (χ2n) is 13.4. The molecule has 10 aromatic carbocycles. The highest BCUT2D eigenvalue weighted by atomic mass is 16.3. The van der Waals surface area contributed by atoms with Crippen LogP contribution in [-0.4, -0.2) is 0 Å². The maximum Gasteiger partial charge on any atom is 0.136 e. The third-order valence-corrected chi connectivity index (χ3v) is 10.4. The van der Waals surface area contributed by atoms with Gasteiger partial charge in [0.25, 0.3) is 0 Å². The molecule has 0 aliphatic heterocycles. The second-order valence-corrected chi connectivity index (χ2v) is 13.4. The minimum absolute atomic E-state index is 0.0112. The van der Waals surface area contributed by atoms with Crippen LogP contribution in [0.3, 0.4) is 0 Å². The van der Waals surface area contributed by atoms with E-state index in [1.165, 1.54) is 0 Å². The Kier molecular flexibility index (Phi) is 4.64. The van der Waals surface area contributed by atoms with Gasteiger partial charge >= 0.3 is 0 Å². The van der Waals surface area contributed by atoms with Gasteiger partial charge in [0.05, 0.1) is 17.8 Å². The second kappa shape index (κ2) is 12.3. The molecule has 0 aliphatic carbocycles. The van der Waals surface area contributed by atoms with Crippen LogP contribution in [0.25, 0.3) is 98.4 Å². The Hall–Kier alpha value is -6.96. The maximum absolute atomic E-state index is 9.29. The van der Waals surface area contributed by atoms with Crippen molar-refractivity contribution in [3.8, 4) is 33.4 Å². The van der Waals surface area contributed by atoms with Gasteiger partial charge in [0.1, 0.15) is 11.2 Å². The van der Waals surface area contributed by atoms with Crippen molar-refractivity contribution in [2.75, 3.05) is 0 Å². The zero-order valence-corrected chi connectivity index (χ0v) is 28.6. The molecule has 0 radical (unpaired) electrons. The van der Waals surface area contributed by atoms with Gasteiger partial charge in [-0.15, -0.1) is 0 Å². The first-order chi connectivity index (χ1) is 32.2. The first kappa shape index (κ1) is 20.3. The van der Waals surface area contributed by atoms with Crippen molar-refractivity contribution in [3.63, 3.8) is 0 Å². The Bertz CT molecular complexity index is 3890. The summed E-state index contributed by atoms with van der Waals surface area (Å²) in [6, 6.07) is 31.2. The molecule has 0 aliphatic rings. The van der Waals surface area contributed by atoms with Gasteiger partial charge in [-0.1, -0.05) is 163 Å². The van der Waals surface area contributed by atoms with Gasteiger partial charge in [0.2, 0.25) is 0 Å². The van der Waals surface area contributed by atoms with Crippen LogP contribution in [0.5, 0.6) is 0 Å². The number of furan rings is 1. The predicted octanol–water partition coefficient (Wildman–Crippen LogP) is 14.8. The van der Waals surface area contributed by atoms with Crippen LogP contribution >= 0.6 is 0 Å². The van der Waals surface area contributed by atoms with E-state index in [0.29, 0.717) is 5.56 Å². The molecule has 1 aromatic heterocycles. The van der Waals surface area contributed by atoms with E-state index in [1.807, 2.05) is 60.7 Å². The lowest BCUT2D eigenvalue weighted by molar-refractivity contribution is 0.669. The van der Waals surface area contributed by atoms with Crippen LogP contribution in [0.4, 0.5) is 0 Å². The highest BCUT2D eigenvalue weighted by Gasteiger charge is 2.17. The zero-order valence-electron chi connectivity index (χ0n) is 41.6. The van der Waals surface area contributed by atoms with Crippen molar-refractivity contribution in [2.24, 2.45) is 0 Å². The van der Waals surface area contributed by atoms with Gasteiger partial charge in [-0.05, 0) is 124 Å². The van der Waals surface area contributed by atoms with E-state index in [-0.39, 0.29) is 38.2 Å². The number of hydrogen-bond donors (Lipinski definition) is 0. The average molecular weight is 700 g/mol. The molecule has 11 rings (SSSR count). The summed E-state index contributed by atoms with van der Waals surface area (Å²) >= 11 is 0. The smallest absolute Gasteiger partial charge is 0.136 e. The minimum atomic E-state index is -0.616. The molecule has 1 heterocycles. The number of benzene rings is 10. The molecule has 11 aromatic rings. The van der Waals surface area contributed by atoms with Crippen molar-refractivity contribution in [1.82, 2.24) is 0 Å². The normalized spacial score (nSPS) is 15.1. The van der Waals surface area contributed by atoms with Crippen LogP contribution in [0.2, 0.25) is 0 Å². The van der Waals surface area contributed by atoms with Crippen LogP contribution in [-0.2, 0) is 6.42 Å². The van der Waals surface area contributed by atoms with Gasteiger partial charge in [-0.25, -0.2) is 0 Å². The van der Waals surface area contributed by atoms with E-state index in [0.717, 1.165) is 65.7 Å². The molecule has 1 heteroatoms. The van der Waals surface area contributed by atoms with E-state index >= 15 is 0 Å². The summed E-state index contributed by atoms with van der Waals surface area (Å²) in [6.45, 7) is 0. The molecule has 0 unspecified atom stereocenters. The third kappa shape index (κ3) is 4.94. The molecular weight excluding hydrogens is 653 g/mol. The van der Waals surface area contributed by atoms with Gasteiger partial charge in [0.15, 0.2) is 0 Å². The standard InChI is InChI=1S/C53H34O/c1-2-12-34(13-3-1)30-49-43-17-6-8-19-45(43)52(46-20-9-7-18-44(46)49)40-27-26-36-31-37(24-25-38(36)32-40)39-28-29-48-51(33-39)54-50-23-11-22-47(53(48)50)42-21-10-15-35-14-4-5-16-41(35)42/h1-29,31-33H,30H2/i1D,2D,3D,6D,7D,8D,9D,12D,13D,17D,18D,19D,20D. The lowest BCUT2D eigenvalue weighted by Gasteiger charge is -2.18. The number of hydrogen-bond acceptors (Lipinski definition) is 1. The Morgan fingerprint density at radius 2 is 1.02 bits per heavy atom. The SMILES string of the molecule is [2H]c1c([2H])c([2H])c(Cc2c3c([2H])c([2H])c([2H])c([2H])c3c(-c3ccc4cc(-c5ccc6c(c5)oc5cccc(-c7cccc8ccccc78)c56)ccc4c3)c3c([2H])c([2H])c([2H])c([2H])c23)c([2H])c1[2H]. The fourth-order valence-corrected chi connectivity index (χ4v) is 7.98. The zero-order chi connectivity index (χ0) is 46.9.